The van der Waals surface area contributed by atoms with Crippen molar-refractivity contribution in [3.8, 4) is 0 Å². The van der Waals surface area contributed by atoms with Gasteiger partial charge in [0.15, 0.2) is 5.54 Å². The summed E-state index contributed by atoms with van der Waals surface area (Å²) >= 11 is 1.49. The molecule has 4 atom stereocenters. The van der Waals surface area contributed by atoms with Crippen molar-refractivity contribution in [2.45, 2.75) is 11.6 Å². The molecule has 2 amide bonds. The van der Waals surface area contributed by atoms with Crippen LogP contribution in [0.1, 0.15) is 16.5 Å². The zero-order valence-electron chi connectivity index (χ0n) is 16.7. The summed E-state index contributed by atoms with van der Waals surface area (Å²) in [6.45, 7) is 0. The Balaban J connectivity index is 1.73. The zero-order chi connectivity index (χ0) is 21.6. The van der Waals surface area contributed by atoms with Gasteiger partial charge in [-0.2, -0.15) is 0 Å². The Hall–Kier alpha value is -3.29. The van der Waals surface area contributed by atoms with Gasteiger partial charge in [0.25, 0.3) is 0 Å². The molecule has 3 aromatic rings. The number of methoxy groups -OCH3 is 1. The number of amides is 2. The molecule has 2 saturated heterocycles. The van der Waals surface area contributed by atoms with Gasteiger partial charge in [0.1, 0.15) is 0 Å². The minimum Gasteiger partial charge on any atom is -0.467 e. The number of hydrogen-bond donors (Lipinski definition) is 1. The van der Waals surface area contributed by atoms with Crippen molar-refractivity contribution in [3.05, 3.63) is 88.6 Å². The number of fused-ring (bicyclic) bond motifs is 1. The third-order valence-corrected chi connectivity index (χ3v) is 7.12. The predicted molar refractivity (Wildman–Crippen MR) is 116 cm³/mol. The molecule has 0 saturated carbocycles. The van der Waals surface area contributed by atoms with E-state index in [9.17, 15) is 14.4 Å². The molecule has 2 aromatic carbocycles. The molecule has 0 spiro atoms. The third-order valence-electron chi connectivity index (χ3n) is 6.16. The number of benzene rings is 2. The summed E-state index contributed by atoms with van der Waals surface area (Å²) in [4.78, 5) is 42.9. The maximum Gasteiger partial charge on any atom is 0.331 e. The first-order chi connectivity index (χ1) is 15.1. The third kappa shape index (κ3) is 2.77. The van der Waals surface area contributed by atoms with Gasteiger partial charge >= 0.3 is 5.97 Å². The Kier molecular flexibility index (Phi) is 4.72. The summed E-state index contributed by atoms with van der Waals surface area (Å²) in [5.74, 6) is -2.95. The maximum atomic E-state index is 13.8. The first-order valence-electron chi connectivity index (χ1n) is 9.97. The van der Waals surface area contributed by atoms with Crippen LogP contribution in [0, 0.1) is 11.8 Å². The van der Waals surface area contributed by atoms with Gasteiger partial charge < -0.3 is 4.74 Å². The standard InChI is InChI=1S/C24H20N2O4S/c1-30-23(29)24(15-9-4-2-5-10-15)19-18(20(25-24)17-13-8-14-31-17)21(27)26(22(19)28)16-11-6-3-7-12-16/h2-14,18-20,25H,1H3/t18-,19+,20-,24-/m0/s1. The van der Waals surface area contributed by atoms with E-state index in [-0.39, 0.29) is 5.91 Å². The van der Waals surface area contributed by atoms with Gasteiger partial charge in [-0.05, 0) is 29.1 Å². The van der Waals surface area contributed by atoms with Crippen LogP contribution in [0.15, 0.2) is 78.2 Å². The molecular formula is C24H20N2O4S. The van der Waals surface area contributed by atoms with E-state index in [0.717, 1.165) is 4.88 Å². The van der Waals surface area contributed by atoms with E-state index >= 15 is 0 Å². The van der Waals surface area contributed by atoms with Crippen molar-refractivity contribution in [2.75, 3.05) is 12.0 Å². The summed E-state index contributed by atoms with van der Waals surface area (Å²) in [6.07, 6.45) is 0. The molecule has 3 heterocycles. The summed E-state index contributed by atoms with van der Waals surface area (Å²) in [5, 5.41) is 5.30. The van der Waals surface area contributed by atoms with E-state index in [1.165, 1.54) is 23.3 Å². The summed E-state index contributed by atoms with van der Waals surface area (Å²) in [5.41, 5.74) is -0.360. The summed E-state index contributed by atoms with van der Waals surface area (Å²) < 4.78 is 5.21. The Morgan fingerprint density at radius 2 is 1.65 bits per heavy atom. The second kappa shape index (κ2) is 7.44. The SMILES string of the molecule is COC(=O)[C@@]1(c2ccccc2)N[C@@H](c2cccs2)[C@H]2C(=O)N(c3ccccc3)C(=O)[C@@H]21. The molecule has 6 nitrogen and oxygen atoms in total. The number of rotatable bonds is 4. The molecule has 0 bridgehead atoms. The molecular weight excluding hydrogens is 412 g/mol. The number of esters is 1. The van der Waals surface area contributed by atoms with E-state index in [1.807, 2.05) is 41.8 Å². The molecule has 2 fully saturated rings. The average Bonchev–Trinajstić information content (AvgIpc) is 3.51. The van der Waals surface area contributed by atoms with Gasteiger partial charge in [-0.3, -0.25) is 14.9 Å². The van der Waals surface area contributed by atoms with Crippen molar-refractivity contribution in [1.82, 2.24) is 5.32 Å². The predicted octanol–water partition coefficient (Wildman–Crippen LogP) is 3.27. The number of nitrogens with one attached hydrogen (secondary N) is 1. The lowest BCUT2D eigenvalue weighted by molar-refractivity contribution is -0.152. The van der Waals surface area contributed by atoms with Gasteiger partial charge in [0.05, 0.1) is 30.7 Å². The smallest absolute Gasteiger partial charge is 0.331 e. The molecule has 0 radical (unpaired) electrons. The maximum absolute atomic E-state index is 13.8. The van der Waals surface area contributed by atoms with Crippen molar-refractivity contribution in [1.29, 1.82) is 0 Å². The second-order valence-electron chi connectivity index (χ2n) is 7.65. The number of hydrogen-bond acceptors (Lipinski definition) is 6. The minimum absolute atomic E-state index is 0.311. The van der Waals surface area contributed by atoms with Crippen LogP contribution in [0.5, 0.6) is 0 Å². The van der Waals surface area contributed by atoms with E-state index in [0.29, 0.717) is 11.3 Å². The molecule has 0 unspecified atom stereocenters. The van der Waals surface area contributed by atoms with Gasteiger partial charge in [-0.1, -0.05) is 54.6 Å². The highest BCUT2D eigenvalue weighted by molar-refractivity contribution is 7.10. The fourth-order valence-electron chi connectivity index (χ4n) is 4.88. The lowest BCUT2D eigenvalue weighted by atomic mass is 9.75. The molecule has 2 aliphatic rings. The fourth-order valence-corrected chi connectivity index (χ4v) is 5.71. The van der Waals surface area contributed by atoms with E-state index in [2.05, 4.69) is 5.32 Å². The second-order valence-corrected chi connectivity index (χ2v) is 8.63. The summed E-state index contributed by atoms with van der Waals surface area (Å²) in [7, 11) is 1.30. The fraction of sp³-hybridized carbons (Fsp3) is 0.208. The van der Waals surface area contributed by atoms with Crippen molar-refractivity contribution in [3.63, 3.8) is 0 Å². The normalized spacial score (nSPS) is 27.4. The molecule has 7 heteroatoms. The largest absolute Gasteiger partial charge is 0.467 e. The van der Waals surface area contributed by atoms with Crippen LogP contribution in [0.3, 0.4) is 0 Å². The Bertz CT molecular complexity index is 1130. The lowest BCUT2D eigenvalue weighted by Gasteiger charge is -2.32. The van der Waals surface area contributed by atoms with Crippen LogP contribution in [0.25, 0.3) is 0 Å². The minimum atomic E-state index is -1.47. The van der Waals surface area contributed by atoms with Crippen LogP contribution in [-0.2, 0) is 24.7 Å². The number of anilines is 1. The Morgan fingerprint density at radius 3 is 2.26 bits per heavy atom. The van der Waals surface area contributed by atoms with Crippen LogP contribution in [-0.4, -0.2) is 24.9 Å². The van der Waals surface area contributed by atoms with Gasteiger partial charge in [0, 0.05) is 4.88 Å². The average molecular weight is 433 g/mol. The highest BCUT2D eigenvalue weighted by Crippen LogP contribution is 2.54. The first-order valence-corrected chi connectivity index (χ1v) is 10.9. The van der Waals surface area contributed by atoms with Gasteiger partial charge in [-0.15, -0.1) is 11.3 Å². The monoisotopic (exact) mass is 432 g/mol. The molecule has 1 N–H and O–H groups in total. The quantitative estimate of drug-likeness (QED) is 0.506. The molecule has 156 valence electrons. The van der Waals surface area contributed by atoms with Gasteiger partial charge in [0.2, 0.25) is 11.8 Å². The highest BCUT2D eigenvalue weighted by atomic mass is 32.1. The van der Waals surface area contributed by atoms with E-state index < -0.39 is 35.3 Å². The summed E-state index contributed by atoms with van der Waals surface area (Å²) in [6, 6.07) is 21.2. The Morgan fingerprint density at radius 1 is 0.968 bits per heavy atom. The van der Waals surface area contributed by atoms with E-state index in [1.54, 1.807) is 36.4 Å². The topological polar surface area (TPSA) is 75.7 Å². The highest BCUT2D eigenvalue weighted by Gasteiger charge is 2.69. The van der Waals surface area contributed by atoms with E-state index in [4.69, 9.17) is 4.74 Å². The van der Waals surface area contributed by atoms with Crippen molar-refractivity contribution < 1.29 is 19.1 Å². The lowest BCUT2D eigenvalue weighted by Crippen LogP contribution is -2.53. The molecule has 1 aromatic heterocycles. The van der Waals surface area contributed by atoms with Crippen molar-refractivity contribution in [2.24, 2.45) is 11.8 Å². The van der Waals surface area contributed by atoms with Crippen LogP contribution in [0.2, 0.25) is 0 Å². The number of thiophene rings is 1. The zero-order valence-corrected chi connectivity index (χ0v) is 17.5. The molecule has 31 heavy (non-hydrogen) atoms. The molecule has 2 aliphatic heterocycles. The van der Waals surface area contributed by atoms with Crippen LogP contribution < -0.4 is 10.2 Å². The number of carbonyl (C=O) groups excluding carboxylic acids is 3. The number of carbonyl (C=O) groups is 3. The van der Waals surface area contributed by atoms with Gasteiger partial charge in [-0.25, -0.2) is 9.69 Å². The Labute approximate surface area is 183 Å². The number of nitrogens with zero attached hydrogens (tertiary/aromatic N) is 1. The molecule has 5 rings (SSSR count). The first kappa shape index (κ1) is 19.7. The number of para-hydroxylation sites is 1. The molecule has 0 aliphatic carbocycles. The van der Waals surface area contributed by atoms with Crippen LogP contribution in [0.4, 0.5) is 5.69 Å². The van der Waals surface area contributed by atoms with Crippen LogP contribution >= 0.6 is 11.3 Å². The number of imide groups is 1. The van der Waals surface area contributed by atoms with Crippen molar-refractivity contribution >= 4 is 34.8 Å². The number of ether oxygens (including phenoxy) is 1.